The minimum atomic E-state index is -0.253. The maximum Gasteiger partial charge on any atom is 0.257 e. The van der Waals surface area contributed by atoms with E-state index in [-0.39, 0.29) is 11.0 Å². The van der Waals surface area contributed by atoms with E-state index in [2.05, 4.69) is 16.7 Å². The average molecular weight is 448 g/mol. The quantitative estimate of drug-likeness (QED) is 0.392. The normalized spacial score (nSPS) is 10.7. The van der Waals surface area contributed by atoms with Crippen molar-refractivity contribution in [1.82, 2.24) is 10.3 Å². The molecule has 5 nitrogen and oxygen atoms in total. The molecule has 0 fully saturated rings. The summed E-state index contributed by atoms with van der Waals surface area (Å²) in [7, 11) is 1.59. The number of methoxy groups -OCH3 is 1. The Morgan fingerprint density at radius 2 is 1.87 bits per heavy atom. The number of thiocarbonyl (C=S) groups is 1. The SMILES string of the molecule is COc1ccc(-c2nc3ccccc3s2)cc1NC(=S)NC(=O)c1ccc(C)cc1C. The van der Waals surface area contributed by atoms with Crippen LogP contribution in [0.5, 0.6) is 5.75 Å². The van der Waals surface area contributed by atoms with Gasteiger partial charge in [0.1, 0.15) is 10.8 Å². The highest BCUT2D eigenvalue weighted by atomic mass is 32.1. The number of rotatable bonds is 4. The van der Waals surface area contributed by atoms with Gasteiger partial charge in [-0.15, -0.1) is 11.3 Å². The number of para-hydroxylation sites is 1. The Labute approximate surface area is 190 Å². The second kappa shape index (κ2) is 8.83. The zero-order valence-corrected chi connectivity index (χ0v) is 19.0. The number of fused-ring (bicyclic) bond motifs is 1. The fourth-order valence-electron chi connectivity index (χ4n) is 3.33. The molecule has 0 saturated carbocycles. The standard InChI is InChI=1S/C24H21N3O2S2/c1-14-8-10-17(15(2)12-14)22(28)27-24(30)26-19-13-16(9-11-20(19)29-3)23-25-18-6-4-5-7-21(18)31-23/h4-13H,1-3H3,(H2,26,27,28,30). The van der Waals surface area contributed by atoms with Crippen molar-refractivity contribution in [2.75, 3.05) is 12.4 Å². The highest BCUT2D eigenvalue weighted by molar-refractivity contribution is 7.80. The number of aryl methyl sites for hydroxylation is 2. The number of thiazole rings is 1. The summed E-state index contributed by atoms with van der Waals surface area (Å²) in [6.45, 7) is 3.90. The molecule has 31 heavy (non-hydrogen) atoms. The molecule has 1 amide bonds. The van der Waals surface area contributed by atoms with E-state index in [1.165, 1.54) is 0 Å². The smallest absolute Gasteiger partial charge is 0.257 e. The third kappa shape index (κ3) is 4.57. The van der Waals surface area contributed by atoms with Crippen LogP contribution in [0.3, 0.4) is 0 Å². The van der Waals surface area contributed by atoms with Crippen LogP contribution in [0.25, 0.3) is 20.8 Å². The molecule has 0 atom stereocenters. The van der Waals surface area contributed by atoms with Crippen molar-refractivity contribution < 1.29 is 9.53 Å². The summed E-state index contributed by atoms with van der Waals surface area (Å²) in [6, 6.07) is 19.4. The molecule has 0 aliphatic rings. The number of nitrogens with zero attached hydrogens (tertiary/aromatic N) is 1. The van der Waals surface area contributed by atoms with Crippen LogP contribution in [-0.4, -0.2) is 23.1 Å². The van der Waals surface area contributed by atoms with Gasteiger partial charge in [-0.05, 0) is 68.0 Å². The Balaban J connectivity index is 1.56. The molecule has 156 valence electrons. The van der Waals surface area contributed by atoms with Crippen molar-refractivity contribution in [2.45, 2.75) is 13.8 Å². The molecule has 4 aromatic rings. The maximum atomic E-state index is 12.6. The molecule has 0 radical (unpaired) electrons. The lowest BCUT2D eigenvalue weighted by Crippen LogP contribution is -2.34. The lowest BCUT2D eigenvalue weighted by molar-refractivity contribution is 0.0977. The lowest BCUT2D eigenvalue weighted by Gasteiger charge is -2.14. The van der Waals surface area contributed by atoms with E-state index in [0.29, 0.717) is 17.0 Å². The number of amides is 1. The van der Waals surface area contributed by atoms with Crippen molar-refractivity contribution in [2.24, 2.45) is 0 Å². The van der Waals surface area contributed by atoms with E-state index >= 15 is 0 Å². The number of hydrogen-bond acceptors (Lipinski definition) is 5. The summed E-state index contributed by atoms with van der Waals surface area (Å²) in [5.74, 6) is 0.365. The first-order chi connectivity index (χ1) is 14.9. The molecule has 0 aliphatic heterocycles. The van der Waals surface area contributed by atoms with Gasteiger partial charge < -0.3 is 10.1 Å². The van der Waals surface area contributed by atoms with Gasteiger partial charge in [0.2, 0.25) is 0 Å². The highest BCUT2D eigenvalue weighted by Crippen LogP contribution is 2.34. The van der Waals surface area contributed by atoms with E-state index in [1.54, 1.807) is 24.5 Å². The van der Waals surface area contributed by atoms with Crippen molar-refractivity contribution in [1.29, 1.82) is 0 Å². The van der Waals surface area contributed by atoms with Gasteiger partial charge >= 0.3 is 0 Å². The van der Waals surface area contributed by atoms with Crippen LogP contribution in [-0.2, 0) is 0 Å². The first kappa shape index (κ1) is 21.0. The minimum absolute atomic E-state index is 0.199. The van der Waals surface area contributed by atoms with Crippen molar-refractivity contribution >= 4 is 50.5 Å². The topological polar surface area (TPSA) is 63.2 Å². The van der Waals surface area contributed by atoms with Crippen molar-refractivity contribution in [3.63, 3.8) is 0 Å². The molecule has 0 unspecified atom stereocenters. The van der Waals surface area contributed by atoms with Gasteiger partial charge in [0.15, 0.2) is 5.11 Å². The summed E-state index contributed by atoms with van der Waals surface area (Å²) >= 11 is 7.01. The van der Waals surface area contributed by atoms with E-state index in [9.17, 15) is 4.79 Å². The third-order valence-corrected chi connectivity index (χ3v) is 6.13. The number of ether oxygens (including phenoxy) is 1. The summed E-state index contributed by atoms with van der Waals surface area (Å²) < 4.78 is 6.59. The summed E-state index contributed by atoms with van der Waals surface area (Å²) in [5, 5.41) is 6.94. The van der Waals surface area contributed by atoms with Gasteiger partial charge in [-0.1, -0.05) is 29.8 Å². The average Bonchev–Trinajstić information content (AvgIpc) is 3.17. The molecule has 0 saturated heterocycles. The van der Waals surface area contributed by atoms with Crippen LogP contribution in [0.4, 0.5) is 5.69 Å². The molecule has 0 spiro atoms. The highest BCUT2D eigenvalue weighted by Gasteiger charge is 2.14. The Morgan fingerprint density at radius 3 is 2.61 bits per heavy atom. The van der Waals surface area contributed by atoms with Crippen molar-refractivity contribution in [3.05, 3.63) is 77.4 Å². The predicted octanol–water partition coefficient (Wildman–Crippen LogP) is 5.72. The van der Waals surface area contributed by atoms with Crippen LogP contribution in [0.1, 0.15) is 21.5 Å². The lowest BCUT2D eigenvalue weighted by atomic mass is 10.1. The number of hydrogen-bond donors (Lipinski definition) is 2. The number of anilines is 1. The third-order valence-electron chi connectivity index (χ3n) is 4.84. The number of benzene rings is 3. The zero-order chi connectivity index (χ0) is 22.0. The minimum Gasteiger partial charge on any atom is -0.495 e. The van der Waals surface area contributed by atoms with Crippen LogP contribution >= 0.6 is 23.6 Å². The molecule has 1 heterocycles. The first-order valence-electron chi connectivity index (χ1n) is 9.68. The molecular formula is C24H21N3O2S2. The Kier molecular flexibility index (Phi) is 5.97. The van der Waals surface area contributed by atoms with Gasteiger partial charge in [0.05, 0.1) is 23.0 Å². The van der Waals surface area contributed by atoms with E-state index < -0.39 is 0 Å². The Bertz CT molecular complexity index is 1260. The second-order valence-corrected chi connectivity index (χ2v) is 8.57. The number of aromatic nitrogens is 1. The zero-order valence-electron chi connectivity index (χ0n) is 17.4. The number of carbonyl (C=O) groups excluding carboxylic acids is 1. The number of carbonyl (C=O) groups is 1. The van der Waals surface area contributed by atoms with Gasteiger partial charge in [-0.3, -0.25) is 10.1 Å². The maximum absolute atomic E-state index is 12.6. The largest absolute Gasteiger partial charge is 0.495 e. The summed E-state index contributed by atoms with van der Waals surface area (Å²) in [4.78, 5) is 17.4. The van der Waals surface area contributed by atoms with Crippen LogP contribution < -0.4 is 15.4 Å². The molecule has 0 aliphatic carbocycles. The molecular weight excluding hydrogens is 426 g/mol. The van der Waals surface area contributed by atoms with Gasteiger partial charge in [0, 0.05) is 11.1 Å². The fourth-order valence-corrected chi connectivity index (χ4v) is 4.49. The van der Waals surface area contributed by atoms with Gasteiger partial charge in [-0.25, -0.2) is 4.98 Å². The van der Waals surface area contributed by atoms with Crippen LogP contribution in [0.2, 0.25) is 0 Å². The Morgan fingerprint density at radius 1 is 1.06 bits per heavy atom. The second-order valence-electron chi connectivity index (χ2n) is 7.13. The predicted molar refractivity (Wildman–Crippen MR) is 131 cm³/mol. The Hall–Kier alpha value is -3.29. The van der Waals surface area contributed by atoms with Crippen LogP contribution in [0.15, 0.2) is 60.7 Å². The van der Waals surface area contributed by atoms with E-state index in [4.69, 9.17) is 21.9 Å². The first-order valence-corrected chi connectivity index (χ1v) is 10.9. The fraction of sp³-hybridized carbons (Fsp3) is 0.125. The van der Waals surface area contributed by atoms with Gasteiger partial charge in [-0.2, -0.15) is 0 Å². The van der Waals surface area contributed by atoms with Crippen molar-refractivity contribution in [3.8, 4) is 16.3 Å². The summed E-state index contributed by atoms with van der Waals surface area (Å²) in [5.41, 5.74) is 5.15. The number of nitrogens with one attached hydrogen (secondary N) is 2. The molecule has 1 aromatic heterocycles. The molecule has 2 N–H and O–H groups in total. The molecule has 0 bridgehead atoms. The van der Waals surface area contributed by atoms with E-state index in [1.807, 2.05) is 62.4 Å². The monoisotopic (exact) mass is 447 g/mol. The van der Waals surface area contributed by atoms with Gasteiger partial charge in [0.25, 0.3) is 5.91 Å². The molecule has 7 heteroatoms. The molecule has 4 rings (SSSR count). The summed E-state index contributed by atoms with van der Waals surface area (Å²) in [6.07, 6.45) is 0. The van der Waals surface area contributed by atoms with E-state index in [0.717, 1.165) is 31.9 Å². The van der Waals surface area contributed by atoms with Crippen LogP contribution in [0, 0.1) is 13.8 Å². The molecule has 3 aromatic carbocycles.